The Hall–Kier alpha value is -3.39. The zero-order chi connectivity index (χ0) is 34.5. The van der Waals surface area contributed by atoms with Gasteiger partial charge in [0.25, 0.3) is 5.91 Å². The van der Waals surface area contributed by atoms with E-state index in [-0.39, 0.29) is 30.0 Å². The Morgan fingerprint density at radius 3 is 2.42 bits per heavy atom. The number of thioether (sulfide) groups is 1. The van der Waals surface area contributed by atoms with Gasteiger partial charge in [0.1, 0.15) is 28.9 Å². The second kappa shape index (κ2) is 13.5. The Balaban J connectivity index is 1.53. The molecule has 48 heavy (non-hydrogen) atoms. The number of Topliss-reactive ketones (excluding diaryl/α,β-unsaturated/α-hetero) is 2. The molecule has 6 rings (SSSR count). The Kier molecular flexibility index (Phi) is 9.69. The molecule has 1 saturated carbocycles. The van der Waals surface area contributed by atoms with Gasteiger partial charge in [-0.15, -0.1) is 0 Å². The van der Waals surface area contributed by atoms with Crippen LogP contribution in [0.2, 0.25) is 0 Å². The summed E-state index contributed by atoms with van der Waals surface area (Å²) in [7, 11) is 3.16. The van der Waals surface area contributed by atoms with Gasteiger partial charge in [0.15, 0.2) is 11.4 Å². The molecule has 6 atom stereocenters. The zero-order valence-corrected chi connectivity index (χ0v) is 28.4. The topological polar surface area (TPSA) is 177 Å². The molecule has 1 aromatic carbocycles. The van der Waals surface area contributed by atoms with Crippen LogP contribution in [0.25, 0.3) is 0 Å². The lowest BCUT2D eigenvalue weighted by atomic mass is 9.55. The molecule has 0 spiro atoms. The highest BCUT2D eigenvalue weighted by Gasteiger charge is 2.69. The van der Waals surface area contributed by atoms with Crippen LogP contribution in [0, 0.1) is 11.8 Å². The third-order valence-corrected chi connectivity index (χ3v) is 12.3. The van der Waals surface area contributed by atoms with Crippen molar-refractivity contribution in [3.63, 3.8) is 0 Å². The molecule has 1 saturated heterocycles. The number of nitrogens with zero attached hydrogens (tertiary/aromatic N) is 2. The second-order valence-electron chi connectivity index (χ2n) is 13.8. The Labute approximate surface area is 284 Å². The van der Waals surface area contributed by atoms with E-state index < -0.39 is 76.0 Å². The van der Waals surface area contributed by atoms with E-state index >= 15 is 0 Å². The number of fused-ring (bicyclic) bond motifs is 3. The highest BCUT2D eigenvalue weighted by Crippen LogP contribution is 2.57. The van der Waals surface area contributed by atoms with Gasteiger partial charge in [-0.3, -0.25) is 29.0 Å². The molecule has 5 N–H and O–H groups in total. The van der Waals surface area contributed by atoms with Crippen LogP contribution in [0.1, 0.15) is 73.7 Å². The molecule has 5 aliphatic rings. The van der Waals surface area contributed by atoms with Gasteiger partial charge in [-0.05, 0) is 64.5 Å². The SMILES string of the molecule is CCC(=O)O[C@H]1[C@H]2C(=C(O)[C@]3(O)C(=O)C(C(=O)NCN4CCCC4)=C(O)[C@@H](N(C)C)[C@H]13)C(=O)c1c(O)cccc1[C@@H]2CSC1CCCC1. The summed E-state index contributed by atoms with van der Waals surface area (Å²) in [6, 6.07) is 3.45. The van der Waals surface area contributed by atoms with Crippen LogP contribution in [0.5, 0.6) is 5.75 Å². The summed E-state index contributed by atoms with van der Waals surface area (Å²) in [5.74, 6) is -8.26. The van der Waals surface area contributed by atoms with Crippen molar-refractivity contribution in [3.05, 3.63) is 52.0 Å². The Morgan fingerprint density at radius 1 is 1.08 bits per heavy atom. The molecule has 1 aliphatic heterocycles. The lowest BCUT2D eigenvalue weighted by molar-refractivity contribution is -0.180. The first kappa shape index (κ1) is 34.5. The Bertz CT molecular complexity index is 1560. The normalized spacial score (nSPS) is 30.8. The first-order valence-electron chi connectivity index (χ1n) is 16.9. The number of aromatic hydroxyl groups is 1. The van der Waals surface area contributed by atoms with Crippen molar-refractivity contribution in [1.29, 1.82) is 0 Å². The number of phenolic OH excluding ortho intramolecular Hbond substituents is 1. The highest BCUT2D eigenvalue weighted by molar-refractivity contribution is 7.99. The fourth-order valence-electron chi connectivity index (χ4n) is 8.44. The van der Waals surface area contributed by atoms with Crippen LogP contribution in [0.3, 0.4) is 0 Å². The molecule has 0 bridgehead atoms. The maximum absolute atomic E-state index is 14.4. The molecular weight excluding hydrogens is 638 g/mol. The molecule has 0 radical (unpaired) electrons. The van der Waals surface area contributed by atoms with Gasteiger partial charge in [-0.2, -0.15) is 11.8 Å². The predicted molar refractivity (Wildman–Crippen MR) is 178 cm³/mol. The molecule has 12 nitrogen and oxygen atoms in total. The average molecular weight is 684 g/mol. The van der Waals surface area contributed by atoms with Gasteiger partial charge in [-0.1, -0.05) is 31.9 Å². The molecule has 2 fully saturated rings. The van der Waals surface area contributed by atoms with E-state index in [1.807, 2.05) is 4.90 Å². The number of carbonyl (C=O) groups is 4. The minimum absolute atomic E-state index is 0.0515. The largest absolute Gasteiger partial charge is 0.510 e. The number of nitrogens with one attached hydrogen (secondary N) is 1. The molecule has 0 aromatic heterocycles. The van der Waals surface area contributed by atoms with Gasteiger partial charge in [0.05, 0.1) is 24.2 Å². The van der Waals surface area contributed by atoms with Crippen molar-refractivity contribution < 1.29 is 44.3 Å². The monoisotopic (exact) mass is 683 g/mol. The summed E-state index contributed by atoms with van der Waals surface area (Å²) in [4.78, 5) is 59.0. The van der Waals surface area contributed by atoms with Crippen LogP contribution in [-0.2, 0) is 19.1 Å². The summed E-state index contributed by atoms with van der Waals surface area (Å²) >= 11 is 1.71. The van der Waals surface area contributed by atoms with Crippen LogP contribution in [0.15, 0.2) is 40.9 Å². The van der Waals surface area contributed by atoms with E-state index in [9.17, 15) is 39.6 Å². The summed E-state index contributed by atoms with van der Waals surface area (Å²) in [6.07, 6.45) is 4.74. The van der Waals surface area contributed by atoms with Crippen LogP contribution >= 0.6 is 11.8 Å². The summed E-state index contributed by atoms with van der Waals surface area (Å²) in [5.41, 5.74) is -3.53. The minimum atomic E-state index is -2.92. The third kappa shape index (κ3) is 5.62. The number of aliphatic hydroxyl groups is 3. The van der Waals surface area contributed by atoms with Crippen molar-refractivity contribution in [2.45, 2.75) is 80.8 Å². The number of phenols is 1. The molecule has 13 heteroatoms. The Morgan fingerprint density at radius 2 is 1.77 bits per heavy atom. The number of carbonyl (C=O) groups excluding carboxylic acids is 4. The summed E-state index contributed by atoms with van der Waals surface area (Å²) < 4.78 is 6.09. The fourth-order valence-corrected chi connectivity index (χ4v) is 9.97. The number of amides is 1. The zero-order valence-electron chi connectivity index (χ0n) is 27.6. The van der Waals surface area contributed by atoms with E-state index in [0.717, 1.165) is 51.6 Å². The number of hydrogen-bond acceptors (Lipinski definition) is 12. The number of likely N-dealkylation sites (N-methyl/N-ethyl adjacent to an activating group) is 1. The van der Waals surface area contributed by atoms with E-state index in [4.69, 9.17) is 4.74 Å². The number of ketones is 2. The second-order valence-corrected chi connectivity index (χ2v) is 15.1. The highest BCUT2D eigenvalue weighted by atomic mass is 32.2. The van der Waals surface area contributed by atoms with Gasteiger partial charge in [0, 0.05) is 34.8 Å². The fraction of sp³-hybridized carbons (Fsp3) is 0.600. The molecule has 260 valence electrons. The molecule has 1 amide bonds. The van der Waals surface area contributed by atoms with Crippen molar-refractivity contribution in [2.75, 3.05) is 39.6 Å². The number of rotatable bonds is 9. The van der Waals surface area contributed by atoms with Crippen LogP contribution in [-0.4, -0.2) is 116 Å². The third-order valence-electron chi connectivity index (χ3n) is 10.8. The summed E-state index contributed by atoms with van der Waals surface area (Å²) in [5, 5.41) is 50.4. The van der Waals surface area contributed by atoms with E-state index in [1.54, 1.807) is 44.9 Å². The first-order chi connectivity index (χ1) is 22.9. The van der Waals surface area contributed by atoms with Crippen LogP contribution < -0.4 is 5.32 Å². The van der Waals surface area contributed by atoms with Gasteiger partial charge in [-0.25, -0.2) is 0 Å². The molecular formula is C35H45N3O9S. The van der Waals surface area contributed by atoms with Crippen LogP contribution in [0.4, 0.5) is 0 Å². The smallest absolute Gasteiger partial charge is 0.305 e. The number of aliphatic hydroxyl groups excluding tert-OH is 2. The first-order valence-corrected chi connectivity index (χ1v) is 17.9. The lowest BCUT2D eigenvalue weighted by Gasteiger charge is -2.54. The van der Waals surface area contributed by atoms with Crippen molar-refractivity contribution >= 4 is 35.2 Å². The van der Waals surface area contributed by atoms with Gasteiger partial charge >= 0.3 is 5.97 Å². The predicted octanol–water partition coefficient (Wildman–Crippen LogP) is 2.95. The van der Waals surface area contributed by atoms with Crippen molar-refractivity contribution in [2.24, 2.45) is 11.8 Å². The quantitative estimate of drug-likeness (QED) is 0.190. The molecule has 1 aromatic rings. The average Bonchev–Trinajstić information content (AvgIpc) is 3.78. The van der Waals surface area contributed by atoms with Gasteiger partial charge < -0.3 is 30.5 Å². The minimum Gasteiger partial charge on any atom is -0.510 e. The van der Waals surface area contributed by atoms with E-state index in [0.29, 0.717) is 16.6 Å². The van der Waals surface area contributed by atoms with Crippen molar-refractivity contribution in [3.8, 4) is 5.75 Å². The number of hydrogen-bond donors (Lipinski definition) is 5. The number of benzene rings is 1. The number of esters is 1. The lowest BCUT2D eigenvalue weighted by Crippen LogP contribution is -2.69. The van der Waals surface area contributed by atoms with E-state index in [2.05, 4.69) is 5.32 Å². The maximum atomic E-state index is 14.4. The van der Waals surface area contributed by atoms with E-state index in [1.165, 1.54) is 11.0 Å². The number of likely N-dealkylation sites (tertiary alicyclic amines) is 1. The number of ether oxygens (including phenoxy) is 1. The molecule has 1 heterocycles. The summed E-state index contributed by atoms with van der Waals surface area (Å²) in [6.45, 7) is 3.20. The maximum Gasteiger partial charge on any atom is 0.305 e. The van der Waals surface area contributed by atoms with Crippen molar-refractivity contribution in [1.82, 2.24) is 15.1 Å². The molecule has 4 aliphatic carbocycles. The van der Waals surface area contributed by atoms with Gasteiger partial charge in [0.2, 0.25) is 5.78 Å². The standard InChI is InChI=1S/C35H45N3O9S/c1-4-22(40)47-31-24-20(16-48-18-10-5-6-11-18)19-12-9-13-21(39)23(19)29(41)25(24)32(43)35(46)27(31)28(37(2)3)30(42)26(33(35)44)34(45)36-17-38-14-7-8-15-38/h9,12-13,18,20,24,27-28,31,39,42-43,46H,4-8,10-11,14-17H2,1-3H3,(H,36,45)/t20-,24+,27+,28-,31-,35-/m0/s1. The molecule has 0 unspecified atom stereocenters.